The first kappa shape index (κ1) is 24.0. The van der Waals surface area contributed by atoms with Crippen molar-refractivity contribution in [3.8, 4) is 0 Å². The van der Waals surface area contributed by atoms with Gasteiger partial charge < -0.3 is 4.90 Å². The van der Waals surface area contributed by atoms with Crippen LogP contribution in [0.3, 0.4) is 0 Å². The lowest BCUT2D eigenvalue weighted by molar-refractivity contribution is -0.145. The minimum atomic E-state index is -1.49. The summed E-state index contributed by atoms with van der Waals surface area (Å²) in [5, 5.41) is 0. The van der Waals surface area contributed by atoms with Crippen molar-refractivity contribution < 1.29 is 18.8 Å². The van der Waals surface area contributed by atoms with Crippen LogP contribution in [0.2, 0.25) is 0 Å². The SMILES string of the molecule is CSc1ccc2c(c1)CCN(C(=O)CC1(c3ccccc3F)CC(=O)N(C3CCCCC3)C1=O)C2. The summed E-state index contributed by atoms with van der Waals surface area (Å²) in [4.78, 5) is 45.1. The first-order chi connectivity index (χ1) is 16.9. The summed E-state index contributed by atoms with van der Waals surface area (Å²) in [6.45, 7) is 1.01. The molecule has 5 rings (SSSR count). The number of nitrogens with zero attached hydrogens (tertiary/aromatic N) is 2. The van der Waals surface area contributed by atoms with Gasteiger partial charge in [-0.15, -0.1) is 11.8 Å². The number of carbonyl (C=O) groups excluding carboxylic acids is 3. The Morgan fingerprint density at radius 1 is 1.09 bits per heavy atom. The van der Waals surface area contributed by atoms with Gasteiger partial charge in [0.25, 0.3) is 0 Å². The molecule has 2 heterocycles. The molecule has 2 aromatic carbocycles. The van der Waals surface area contributed by atoms with E-state index < -0.39 is 17.1 Å². The summed E-state index contributed by atoms with van der Waals surface area (Å²) in [6.07, 6.45) is 7.02. The third-order valence-electron chi connectivity index (χ3n) is 7.91. The lowest BCUT2D eigenvalue weighted by Crippen LogP contribution is -2.47. The van der Waals surface area contributed by atoms with Crippen molar-refractivity contribution in [3.63, 3.8) is 0 Å². The van der Waals surface area contributed by atoms with E-state index in [1.807, 2.05) is 6.26 Å². The Morgan fingerprint density at radius 3 is 2.60 bits per heavy atom. The second-order valence-electron chi connectivity index (χ2n) is 9.98. The summed E-state index contributed by atoms with van der Waals surface area (Å²) < 4.78 is 15.1. The van der Waals surface area contributed by atoms with Crippen LogP contribution < -0.4 is 0 Å². The van der Waals surface area contributed by atoms with Gasteiger partial charge in [-0.1, -0.05) is 43.5 Å². The first-order valence-electron chi connectivity index (χ1n) is 12.5. The Bertz CT molecular complexity index is 1160. The van der Waals surface area contributed by atoms with Crippen molar-refractivity contribution in [3.05, 3.63) is 65.0 Å². The van der Waals surface area contributed by atoms with Gasteiger partial charge in [-0.25, -0.2) is 4.39 Å². The zero-order valence-corrected chi connectivity index (χ0v) is 20.9. The van der Waals surface area contributed by atoms with Crippen LogP contribution in [0.4, 0.5) is 4.39 Å². The minimum absolute atomic E-state index is 0.153. The smallest absolute Gasteiger partial charge is 0.241 e. The lowest BCUT2D eigenvalue weighted by atomic mass is 9.75. The molecule has 2 aliphatic heterocycles. The van der Waals surface area contributed by atoms with E-state index in [-0.39, 0.29) is 36.3 Å². The predicted octanol–water partition coefficient (Wildman–Crippen LogP) is 4.85. The van der Waals surface area contributed by atoms with Crippen molar-refractivity contribution in [1.82, 2.24) is 9.80 Å². The molecule has 1 unspecified atom stereocenters. The second kappa shape index (κ2) is 9.76. The molecule has 0 aromatic heterocycles. The van der Waals surface area contributed by atoms with Crippen LogP contribution in [0.25, 0.3) is 0 Å². The fourth-order valence-corrected chi connectivity index (χ4v) is 6.47. The highest BCUT2D eigenvalue weighted by Crippen LogP contribution is 2.44. The number of thioether (sulfide) groups is 1. The lowest BCUT2D eigenvalue weighted by Gasteiger charge is -2.35. The summed E-state index contributed by atoms with van der Waals surface area (Å²) in [5.74, 6) is -1.44. The molecule has 3 amide bonds. The van der Waals surface area contributed by atoms with Crippen LogP contribution in [0.1, 0.15) is 61.6 Å². The molecule has 35 heavy (non-hydrogen) atoms. The Balaban J connectivity index is 1.45. The van der Waals surface area contributed by atoms with E-state index in [9.17, 15) is 14.4 Å². The monoisotopic (exact) mass is 494 g/mol. The van der Waals surface area contributed by atoms with Crippen LogP contribution in [-0.4, -0.2) is 46.4 Å². The molecular formula is C28H31FN2O3S. The molecule has 184 valence electrons. The van der Waals surface area contributed by atoms with E-state index in [0.29, 0.717) is 13.1 Å². The standard InChI is InChI=1S/C28H31FN2O3S/c1-35-22-12-11-20-18-30(14-13-19(20)15-22)25(32)16-28(23-9-5-6-10-24(23)29)17-26(33)31(27(28)34)21-7-3-2-4-8-21/h5-6,9-12,15,21H,2-4,7-8,13-14,16-18H2,1H3. The van der Waals surface area contributed by atoms with Crippen LogP contribution in [0.15, 0.2) is 47.4 Å². The fraction of sp³-hybridized carbons (Fsp3) is 0.464. The van der Waals surface area contributed by atoms with E-state index in [0.717, 1.165) is 44.1 Å². The van der Waals surface area contributed by atoms with E-state index in [1.54, 1.807) is 34.9 Å². The van der Waals surface area contributed by atoms with E-state index >= 15 is 4.39 Å². The molecule has 5 nitrogen and oxygen atoms in total. The summed E-state index contributed by atoms with van der Waals surface area (Å²) in [6, 6.07) is 12.2. The highest BCUT2D eigenvalue weighted by atomic mass is 32.2. The number of imide groups is 1. The van der Waals surface area contributed by atoms with Gasteiger partial charge >= 0.3 is 0 Å². The van der Waals surface area contributed by atoms with Gasteiger partial charge in [-0.2, -0.15) is 0 Å². The molecule has 1 saturated carbocycles. The highest BCUT2D eigenvalue weighted by Gasteiger charge is 2.56. The summed E-state index contributed by atoms with van der Waals surface area (Å²) in [7, 11) is 0. The largest absolute Gasteiger partial charge is 0.338 e. The van der Waals surface area contributed by atoms with Gasteiger partial charge in [0.05, 0.1) is 5.41 Å². The molecule has 0 radical (unpaired) electrons. The van der Waals surface area contributed by atoms with Gasteiger partial charge in [0.1, 0.15) is 5.82 Å². The van der Waals surface area contributed by atoms with E-state index in [2.05, 4.69) is 18.2 Å². The van der Waals surface area contributed by atoms with Crippen molar-refractivity contribution in [1.29, 1.82) is 0 Å². The number of carbonyl (C=O) groups is 3. The maximum Gasteiger partial charge on any atom is 0.241 e. The normalized spacial score (nSPS) is 23.0. The number of amides is 3. The average Bonchev–Trinajstić information content (AvgIpc) is 3.13. The van der Waals surface area contributed by atoms with Crippen LogP contribution in [0, 0.1) is 5.82 Å². The molecule has 1 atom stereocenters. The third kappa shape index (κ3) is 4.39. The number of rotatable bonds is 5. The Labute approximate surface area is 210 Å². The average molecular weight is 495 g/mol. The second-order valence-corrected chi connectivity index (χ2v) is 10.9. The molecule has 1 saturated heterocycles. The number of halogens is 1. The Morgan fingerprint density at radius 2 is 1.86 bits per heavy atom. The van der Waals surface area contributed by atoms with Gasteiger partial charge in [0, 0.05) is 42.4 Å². The molecule has 0 N–H and O–H groups in total. The topological polar surface area (TPSA) is 57.7 Å². The van der Waals surface area contributed by atoms with Crippen molar-refractivity contribution in [2.45, 2.75) is 74.3 Å². The Kier molecular flexibility index (Phi) is 6.71. The van der Waals surface area contributed by atoms with Crippen LogP contribution >= 0.6 is 11.8 Å². The Hall–Kier alpha value is -2.67. The number of benzene rings is 2. The highest BCUT2D eigenvalue weighted by molar-refractivity contribution is 7.98. The van der Waals surface area contributed by atoms with Crippen molar-refractivity contribution >= 4 is 29.5 Å². The van der Waals surface area contributed by atoms with Gasteiger partial charge in [0.15, 0.2) is 0 Å². The molecule has 2 fully saturated rings. The van der Waals surface area contributed by atoms with Crippen LogP contribution in [0.5, 0.6) is 0 Å². The summed E-state index contributed by atoms with van der Waals surface area (Å²) >= 11 is 1.69. The molecule has 0 spiro atoms. The zero-order valence-electron chi connectivity index (χ0n) is 20.1. The predicted molar refractivity (Wildman–Crippen MR) is 133 cm³/mol. The number of hydrogen-bond donors (Lipinski definition) is 0. The van der Waals surface area contributed by atoms with Crippen LogP contribution in [-0.2, 0) is 32.8 Å². The fourth-order valence-electron chi connectivity index (χ4n) is 6.00. The molecular weight excluding hydrogens is 463 g/mol. The third-order valence-corrected chi connectivity index (χ3v) is 8.64. The summed E-state index contributed by atoms with van der Waals surface area (Å²) in [5.41, 5.74) is 1.01. The minimum Gasteiger partial charge on any atom is -0.338 e. The van der Waals surface area contributed by atoms with Gasteiger partial charge in [-0.3, -0.25) is 19.3 Å². The maximum atomic E-state index is 15.1. The van der Waals surface area contributed by atoms with E-state index in [1.165, 1.54) is 21.4 Å². The molecule has 1 aliphatic carbocycles. The maximum absolute atomic E-state index is 15.1. The molecule has 3 aliphatic rings. The van der Waals surface area contributed by atoms with Gasteiger partial charge in [-0.05, 0) is 54.8 Å². The zero-order chi connectivity index (χ0) is 24.6. The molecule has 2 aromatic rings. The number of fused-ring (bicyclic) bond motifs is 1. The quantitative estimate of drug-likeness (QED) is 0.440. The van der Waals surface area contributed by atoms with Crippen molar-refractivity contribution in [2.75, 3.05) is 12.8 Å². The molecule has 0 bridgehead atoms. The number of likely N-dealkylation sites (tertiary alicyclic amines) is 1. The first-order valence-corrected chi connectivity index (χ1v) is 13.7. The number of hydrogen-bond acceptors (Lipinski definition) is 4. The van der Waals surface area contributed by atoms with Gasteiger partial charge in [0.2, 0.25) is 17.7 Å². The van der Waals surface area contributed by atoms with Crippen molar-refractivity contribution in [2.24, 2.45) is 0 Å². The van der Waals surface area contributed by atoms with E-state index in [4.69, 9.17) is 0 Å². The molecule has 7 heteroatoms.